The lowest BCUT2D eigenvalue weighted by atomic mass is 10.5. The fourth-order valence-electron chi connectivity index (χ4n) is 0.971. The van der Waals surface area contributed by atoms with Gasteiger partial charge in [-0.3, -0.25) is 0 Å². The summed E-state index contributed by atoms with van der Waals surface area (Å²) in [6.45, 7) is 3.32. The Hall–Kier alpha value is -0.770. The van der Waals surface area contributed by atoms with Crippen LogP contribution in [0.2, 0.25) is 0 Å². The average Bonchev–Trinajstić information content (AvgIpc) is 2.31. The van der Waals surface area contributed by atoms with Crippen molar-refractivity contribution in [2.75, 3.05) is 33.2 Å². The lowest BCUT2D eigenvalue weighted by molar-refractivity contribution is 0.218. The molecule has 1 rings (SSSR count). The molecule has 0 aromatic rings. The van der Waals surface area contributed by atoms with E-state index in [2.05, 4.69) is 10.6 Å². The van der Waals surface area contributed by atoms with Gasteiger partial charge in [-0.1, -0.05) is 0 Å². The summed E-state index contributed by atoms with van der Waals surface area (Å²) in [7, 11) is 1.88. The second kappa shape index (κ2) is 3.41. The molecule has 1 heterocycles. The Labute approximate surface area is 60.6 Å². The lowest BCUT2D eigenvalue weighted by Gasteiger charge is -2.12. The van der Waals surface area contributed by atoms with Crippen molar-refractivity contribution < 1.29 is 4.79 Å². The Balaban J connectivity index is 2.20. The van der Waals surface area contributed by atoms with Gasteiger partial charge in [0.2, 0.25) is 0 Å². The minimum Gasteiger partial charge on any atom is -0.336 e. The van der Waals surface area contributed by atoms with Gasteiger partial charge in [0.25, 0.3) is 0 Å². The Morgan fingerprint density at radius 1 is 1.80 bits per heavy atom. The molecule has 1 aliphatic rings. The molecule has 0 aliphatic carbocycles. The third kappa shape index (κ3) is 1.60. The van der Waals surface area contributed by atoms with E-state index in [4.69, 9.17) is 0 Å². The monoisotopic (exact) mass is 143 g/mol. The molecule has 58 valence electrons. The number of hydrogen-bond acceptors (Lipinski definition) is 2. The molecule has 0 spiro atoms. The first-order chi connectivity index (χ1) is 4.84. The second-order valence-corrected chi connectivity index (χ2v) is 2.32. The van der Waals surface area contributed by atoms with Crippen molar-refractivity contribution in [2.24, 2.45) is 0 Å². The predicted molar refractivity (Wildman–Crippen MR) is 38.9 cm³/mol. The molecule has 0 atom stereocenters. The zero-order valence-corrected chi connectivity index (χ0v) is 6.18. The highest BCUT2D eigenvalue weighted by Crippen LogP contribution is 1.93. The smallest absolute Gasteiger partial charge is 0.317 e. The van der Waals surface area contributed by atoms with Crippen molar-refractivity contribution in [3.63, 3.8) is 0 Å². The summed E-state index contributed by atoms with van der Waals surface area (Å²) in [6.07, 6.45) is 0. The summed E-state index contributed by atoms with van der Waals surface area (Å²) in [5.41, 5.74) is 0. The molecule has 0 saturated carbocycles. The molecular formula is C6H13N3O. The van der Waals surface area contributed by atoms with E-state index in [1.807, 2.05) is 7.05 Å². The SMILES string of the molecule is CNCCN1CCNC1=O. The Morgan fingerprint density at radius 2 is 2.60 bits per heavy atom. The fourth-order valence-corrected chi connectivity index (χ4v) is 0.971. The van der Waals surface area contributed by atoms with E-state index in [0.29, 0.717) is 0 Å². The summed E-state index contributed by atoms with van der Waals surface area (Å²) < 4.78 is 0. The summed E-state index contributed by atoms with van der Waals surface area (Å²) in [5, 5.41) is 5.73. The Kier molecular flexibility index (Phi) is 2.50. The highest BCUT2D eigenvalue weighted by Gasteiger charge is 2.17. The number of likely N-dealkylation sites (N-methyl/N-ethyl adjacent to an activating group) is 1. The number of amides is 2. The van der Waals surface area contributed by atoms with Crippen LogP contribution < -0.4 is 10.6 Å². The number of carbonyl (C=O) groups is 1. The molecule has 2 amide bonds. The van der Waals surface area contributed by atoms with E-state index >= 15 is 0 Å². The number of nitrogens with one attached hydrogen (secondary N) is 2. The van der Waals surface area contributed by atoms with Crippen LogP contribution in [0.4, 0.5) is 4.79 Å². The van der Waals surface area contributed by atoms with Crippen LogP contribution >= 0.6 is 0 Å². The van der Waals surface area contributed by atoms with E-state index in [0.717, 1.165) is 26.2 Å². The first-order valence-corrected chi connectivity index (χ1v) is 3.52. The van der Waals surface area contributed by atoms with E-state index in [1.165, 1.54) is 0 Å². The van der Waals surface area contributed by atoms with Crippen molar-refractivity contribution in [3.8, 4) is 0 Å². The van der Waals surface area contributed by atoms with Crippen LogP contribution in [0.1, 0.15) is 0 Å². The number of hydrogen-bond donors (Lipinski definition) is 2. The molecule has 4 heteroatoms. The normalized spacial score (nSPS) is 17.7. The number of rotatable bonds is 3. The summed E-state index contributed by atoms with van der Waals surface area (Å²) >= 11 is 0. The summed E-state index contributed by atoms with van der Waals surface area (Å²) in [6, 6.07) is 0.0650. The van der Waals surface area contributed by atoms with Crippen molar-refractivity contribution in [1.29, 1.82) is 0 Å². The Morgan fingerprint density at radius 3 is 3.10 bits per heavy atom. The third-order valence-corrected chi connectivity index (χ3v) is 1.58. The number of urea groups is 1. The second-order valence-electron chi connectivity index (χ2n) is 2.32. The third-order valence-electron chi connectivity index (χ3n) is 1.58. The van der Waals surface area contributed by atoms with E-state index < -0.39 is 0 Å². The molecule has 0 unspecified atom stereocenters. The van der Waals surface area contributed by atoms with Crippen LogP contribution in [0.25, 0.3) is 0 Å². The van der Waals surface area contributed by atoms with Gasteiger partial charge in [-0.15, -0.1) is 0 Å². The molecule has 4 nitrogen and oxygen atoms in total. The van der Waals surface area contributed by atoms with Crippen LogP contribution in [0.3, 0.4) is 0 Å². The van der Waals surface area contributed by atoms with Gasteiger partial charge in [-0.25, -0.2) is 4.79 Å². The van der Waals surface area contributed by atoms with Crippen molar-refractivity contribution in [2.45, 2.75) is 0 Å². The highest BCUT2D eigenvalue weighted by atomic mass is 16.2. The molecule has 0 bridgehead atoms. The summed E-state index contributed by atoms with van der Waals surface area (Å²) in [4.78, 5) is 12.7. The van der Waals surface area contributed by atoms with Gasteiger partial charge in [0.05, 0.1) is 0 Å². The van der Waals surface area contributed by atoms with Crippen LogP contribution in [-0.4, -0.2) is 44.2 Å². The van der Waals surface area contributed by atoms with Crippen LogP contribution in [0, 0.1) is 0 Å². The van der Waals surface area contributed by atoms with Crippen LogP contribution in [-0.2, 0) is 0 Å². The standard InChI is InChI=1S/C6H13N3O/c1-7-2-4-9-5-3-8-6(9)10/h7H,2-5H2,1H3,(H,8,10). The molecule has 1 aliphatic heterocycles. The molecular weight excluding hydrogens is 130 g/mol. The maximum atomic E-state index is 10.9. The fraction of sp³-hybridized carbons (Fsp3) is 0.833. The quantitative estimate of drug-likeness (QED) is 0.545. The van der Waals surface area contributed by atoms with Gasteiger partial charge in [-0.05, 0) is 7.05 Å². The van der Waals surface area contributed by atoms with Crippen molar-refractivity contribution in [1.82, 2.24) is 15.5 Å². The largest absolute Gasteiger partial charge is 0.336 e. The number of carbonyl (C=O) groups excluding carboxylic acids is 1. The van der Waals surface area contributed by atoms with Gasteiger partial charge in [0.1, 0.15) is 0 Å². The minimum atomic E-state index is 0.0650. The van der Waals surface area contributed by atoms with E-state index in [1.54, 1.807) is 4.90 Å². The van der Waals surface area contributed by atoms with Gasteiger partial charge in [0.15, 0.2) is 0 Å². The maximum absolute atomic E-state index is 10.9. The number of nitrogens with zero attached hydrogens (tertiary/aromatic N) is 1. The maximum Gasteiger partial charge on any atom is 0.317 e. The van der Waals surface area contributed by atoms with Gasteiger partial charge in [-0.2, -0.15) is 0 Å². The predicted octanol–water partition coefficient (Wildman–Crippen LogP) is -0.769. The van der Waals surface area contributed by atoms with Gasteiger partial charge < -0.3 is 15.5 Å². The van der Waals surface area contributed by atoms with Crippen molar-refractivity contribution in [3.05, 3.63) is 0 Å². The zero-order valence-electron chi connectivity index (χ0n) is 6.18. The van der Waals surface area contributed by atoms with Crippen LogP contribution in [0.15, 0.2) is 0 Å². The lowest BCUT2D eigenvalue weighted by Crippen LogP contribution is -2.33. The summed E-state index contributed by atoms with van der Waals surface area (Å²) in [5.74, 6) is 0. The molecule has 0 aromatic heterocycles. The highest BCUT2D eigenvalue weighted by molar-refractivity contribution is 5.76. The topological polar surface area (TPSA) is 44.4 Å². The average molecular weight is 143 g/mol. The minimum absolute atomic E-state index is 0.0650. The first kappa shape index (κ1) is 7.34. The molecule has 2 N–H and O–H groups in total. The molecule has 0 aromatic carbocycles. The van der Waals surface area contributed by atoms with Crippen molar-refractivity contribution >= 4 is 6.03 Å². The van der Waals surface area contributed by atoms with Gasteiger partial charge >= 0.3 is 6.03 Å². The van der Waals surface area contributed by atoms with E-state index in [9.17, 15) is 4.79 Å². The van der Waals surface area contributed by atoms with E-state index in [-0.39, 0.29) is 6.03 Å². The molecule has 1 saturated heterocycles. The zero-order chi connectivity index (χ0) is 7.40. The first-order valence-electron chi connectivity index (χ1n) is 3.52. The molecule has 10 heavy (non-hydrogen) atoms. The molecule has 1 fully saturated rings. The van der Waals surface area contributed by atoms with Crippen LogP contribution in [0.5, 0.6) is 0 Å². The Bertz CT molecular complexity index is 126. The van der Waals surface area contributed by atoms with Gasteiger partial charge in [0, 0.05) is 26.2 Å². The molecule has 0 radical (unpaired) electrons.